The molecule has 0 saturated heterocycles. The van der Waals surface area contributed by atoms with Crippen molar-refractivity contribution in [2.24, 2.45) is 0 Å². The first-order chi connectivity index (χ1) is 8.65. The maximum Gasteiger partial charge on any atom is 0.248 e. The van der Waals surface area contributed by atoms with E-state index in [1.165, 1.54) is 30.5 Å². The predicted molar refractivity (Wildman–Crippen MR) is 67.5 cm³/mol. The number of hydrogen-bond donors (Lipinski definition) is 1. The first-order valence-electron chi connectivity index (χ1n) is 5.44. The maximum atomic E-state index is 12.9. The smallest absolute Gasteiger partial charge is 0.248 e. The second-order valence-corrected chi connectivity index (χ2v) is 3.80. The summed E-state index contributed by atoms with van der Waals surface area (Å²) in [7, 11) is 0. The van der Waals surface area contributed by atoms with E-state index in [0.29, 0.717) is 17.0 Å². The van der Waals surface area contributed by atoms with Gasteiger partial charge in [-0.15, -0.1) is 0 Å². The number of amides is 1. The van der Waals surface area contributed by atoms with E-state index in [-0.39, 0.29) is 11.7 Å². The summed E-state index contributed by atoms with van der Waals surface area (Å²) in [6.45, 7) is 1.73. The van der Waals surface area contributed by atoms with Crippen LogP contribution in [0.3, 0.4) is 0 Å². The normalized spacial score (nSPS) is 10.8. The topological polar surface area (TPSA) is 42.2 Å². The molecule has 0 aliphatic rings. The highest BCUT2D eigenvalue weighted by molar-refractivity contribution is 6.02. The Hall–Kier alpha value is -2.36. The molecule has 18 heavy (non-hydrogen) atoms. The summed E-state index contributed by atoms with van der Waals surface area (Å²) in [5, 5.41) is 2.67. The van der Waals surface area contributed by atoms with E-state index >= 15 is 0 Å². The van der Waals surface area contributed by atoms with Crippen molar-refractivity contribution in [2.45, 2.75) is 6.92 Å². The molecule has 3 nitrogen and oxygen atoms in total. The summed E-state index contributed by atoms with van der Waals surface area (Å²) >= 11 is 0. The summed E-state index contributed by atoms with van der Waals surface area (Å²) < 4.78 is 17.9. The van der Waals surface area contributed by atoms with Crippen LogP contribution in [0.4, 0.5) is 10.1 Å². The lowest BCUT2D eigenvalue weighted by molar-refractivity contribution is -0.111. The molecule has 1 aromatic heterocycles. The van der Waals surface area contributed by atoms with Crippen molar-refractivity contribution in [2.75, 3.05) is 5.32 Å². The third-order valence-electron chi connectivity index (χ3n) is 2.39. The first-order valence-corrected chi connectivity index (χ1v) is 5.44. The number of hydrogen-bond acceptors (Lipinski definition) is 2. The van der Waals surface area contributed by atoms with E-state index in [9.17, 15) is 9.18 Å². The second-order valence-electron chi connectivity index (χ2n) is 3.80. The molecule has 0 aliphatic carbocycles. The van der Waals surface area contributed by atoms with Gasteiger partial charge in [0.15, 0.2) is 0 Å². The quantitative estimate of drug-likeness (QED) is 0.842. The van der Waals surface area contributed by atoms with Crippen molar-refractivity contribution in [3.05, 3.63) is 59.8 Å². The van der Waals surface area contributed by atoms with Crippen LogP contribution in [-0.4, -0.2) is 5.91 Å². The van der Waals surface area contributed by atoms with Gasteiger partial charge in [0, 0.05) is 11.8 Å². The minimum atomic E-state index is -0.323. The number of carbonyl (C=O) groups excluding carboxylic acids is 1. The summed E-state index contributed by atoms with van der Waals surface area (Å²) in [6, 6.07) is 7.68. The van der Waals surface area contributed by atoms with Crippen molar-refractivity contribution in [1.29, 1.82) is 0 Å². The SMILES string of the molecule is Cc1cc(F)ccc1NC(=O)C=Cc1ccco1. The molecule has 0 atom stereocenters. The van der Waals surface area contributed by atoms with Crippen LogP contribution >= 0.6 is 0 Å². The van der Waals surface area contributed by atoms with Gasteiger partial charge in [-0.3, -0.25) is 4.79 Å². The average Bonchev–Trinajstić information content (AvgIpc) is 2.83. The monoisotopic (exact) mass is 245 g/mol. The van der Waals surface area contributed by atoms with Crippen LogP contribution in [0.2, 0.25) is 0 Å². The zero-order chi connectivity index (χ0) is 13.0. The molecule has 1 heterocycles. The van der Waals surface area contributed by atoms with Gasteiger partial charge in [0.2, 0.25) is 5.91 Å². The number of anilines is 1. The van der Waals surface area contributed by atoms with Crippen molar-refractivity contribution < 1.29 is 13.6 Å². The molecule has 2 rings (SSSR count). The van der Waals surface area contributed by atoms with Gasteiger partial charge in [-0.1, -0.05) is 0 Å². The molecule has 0 saturated carbocycles. The third kappa shape index (κ3) is 3.07. The van der Waals surface area contributed by atoms with E-state index < -0.39 is 0 Å². The van der Waals surface area contributed by atoms with Crippen LogP contribution in [-0.2, 0) is 4.79 Å². The van der Waals surface area contributed by atoms with Crippen molar-refractivity contribution >= 4 is 17.7 Å². The molecule has 4 heteroatoms. The molecule has 2 aromatic rings. The molecule has 92 valence electrons. The molecule has 0 unspecified atom stereocenters. The molecule has 0 radical (unpaired) electrons. The average molecular weight is 245 g/mol. The zero-order valence-electron chi connectivity index (χ0n) is 9.81. The number of furan rings is 1. The Kier molecular flexibility index (Phi) is 3.57. The minimum Gasteiger partial charge on any atom is -0.465 e. The first kappa shape index (κ1) is 12.1. The van der Waals surface area contributed by atoms with Gasteiger partial charge in [-0.25, -0.2) is 4.39 Å². The highest BCUT2D eigenvalue weighted by Crippen LogP contribution is 2.15. The standard InChI is InChI=1S/C14H12FNO2/c1-10-9-11(15)4-6-13(10)16-14(17)7-5-12-3-2-8-18-12/h2-9H,1H3,(H,16,17). The molecule has 0 spiro atoms. The predicted octanol–water partition coefficient (Wildman–Crippen LogP) is 3.38. The molecule has 1 amide bonds. The molecular formula is C14H12FNO2. The highest BCUT2D eigenvalue weighted by atomic mass is 19.1. The van der Waals surface area contributed by atoms with Gasteiger partial charge in [-0.2, -0.15) is 0 Å². The molecular weight excluding hydrogens is 233 g/mol. The Bertz CT molecular complexity index is 573. The summed E-state index contributed by atoms with van der Waals surface area (Å²) in [5.41, 5.74) is 1.26. The maximum absolute atomic E-state index is 12.9. The van der Waals surface area contributed by atoms with Crippen LogP contribution in [0, 0.1) is 12.7 Å². The minimum absolute atomic E-state index is 0.291. The summed E-state index contributed by atoms with van der Waals surface area (Å²) in [5.74, 6) is -0.0151. The molecule has 0 aliphatic heterocycles. The van der Waals surface area contributed by atoms with Crippen LogP contribution in [0.5, 0.6) is 0 Å². The van der Waals surface area contributed by atoms with Gasteiger partial charge in [-0.05, 0) is 48.9 Å². The van der Waals surface area contributed by atoms with E-state index in [2.05, 4.69) is 5.32 Å². The van der Waals surface area contributed by atoms with Gasteiger partial charge in [0.05, 0.1) is 6.26 Å². The Labute approximate surface area is 104 Å². The Morgan fingerprint density at radius 3 is 2.89 bits per heavy atom. The Balaban J connectivity index is 2.03. The van der Waals surface area contributed by atoms with Gasteiger partial charge < -0.3 is 9.73 Å². The van der Waals surface area contributed by atoms with Crippen molar-refractivity contribution in [3.8, 4) is 0 Å². The Morgan fingerprint density at radius 1 is 1.39 bits per heavy atom. The number of nitrogens with one attached hydrogen (secondary N) is 1. The van der Waals surface area contributed by atoms with E-state index in [0.717, 1.165) is 0 Å². The summed E-state index contributed by atoms with van der Waals surface area (Å²) in [4.78, 5) is 11.6. The van der Waals surface area contributed by atoms with Crippen LogP contribution in [0.1, 0.15) is 11.3 Å². The number of benzene rings is 1. The fraction of sp³-hybridized carbons (Fsp3) is 0.0714. The summed E-state index contributed by atoms with van der Waals surface area (Å²) in [6.07, 6.45) is 4.46. The zero-order valence-corrected chi connectivity index (χ0v) is 9.81. The van der Waals surface area contributed by atoms with E-state index in [4.69, 9.17) is 4.42 Å². The molecule has 1 aromatic carbocycles. The van der Waals surface area contributed by atoms with Crippen molar-refractivity contribution in [3.63, 3.8) is 0 Å². The van der Waals surface area contributed by atoms with Crippen LogP contribution < -0.4 is 5.32 Å². The van der Waals surface area contributed by atoms with Crippen molar-refractivity contribution in [1.82, 2.24) is 0 Å². The highest BCUT2D eigenvalue weighted by Gasteiger charge is 2.02. The second kappa shape index (κ2) is 5.31. The van der Waals surface area contributed by atoms with Crippen LogP contribution in [0.15, 0.2) is 47.1 Å². The van der Waals surface area contributed by atoms with Crippen LogP contribution in [0.25, 0.3) is 6.08 Å². The lowest BCUT2D eigenvalue weighted by atomic mass is 10.2. The lowest BCUT2D eigenvalue weighted by Gasteiger charge is -2.05. The number of carbonyl (C=O) groups is 1. The molecule has 0 fully saturated rings. The number of aryl methyl sites for hydroxylation is 1. The fourth-order valence-electron chi connectivity index (χ4n) is 1.49. The lowest BCUT2D eigenvalue weighted by Crippen LogP contribution is -2.08. The number of rotatable bonds is 3. The van der Waals surface area contributed by atoms with Gasteiger partial charge in [0.25, 0.3) is 0 Å². The molecule has 0 bridgehead atoms. The van der Waals surface area contributed by atoms with Gasteiger partial charge >= 0.3 is 0 Å². The number of halogens is 1. The van der Waals surface area contributed by atoms with Gasteiger partial charge in [0.1, 0.15) is 11.6 Å². The largest absolute Gasteiger partial charge is 0.465 e. The molecule has 1 N–H and O–H groups in total. The van der Waals surface area contributed by atoms with E-state index in [1.807, 2.05) is 0 Å². The fourth-order valence-corrected chi connectivity index (χ4v) is 1.49. The third-order valence-corrected chi connectivity index (χ3v) is 2.39. The van der Waals surface area contributed by atoms with E-state index in [1.54, 1.807) is 25.1 Å². The Morgan fingerprint density at radius 2 is 2.22 bits per heavy atom.